The molecule has 0 unspecified atom stereocenters. The second-order valence-electron chi connectivity index (χ2n) is 3.37. The number of ether oxygens (including phenoxy) is 2. The number of methoxy groups -OCH3 is 1. The van der Waals surface area contributed by atoms with Gasteiger partial charge < -0.3 is 9.47 Å². The van der Waals surface area contributed by atoms with Crippen molar-refractivity contribution < 1.29 is 19.1 Å². The molecule has 4 nitrogen and oxygen atoms in total. The zero-order valence-electron chi connectivity index (χ0n) is 10.1. The lowest BCUT2D eigenvalue weighted by Crippen LogP contribution is -2.00. The van der Waals surface area contributed by atoms with E-state index in [0.29, 0.717) is 5.56 Å². The van der Waals surface area contributed by atoms with Crippen LogP contribution >= 0.6 is 0 Å². The maximum absolute atomic E-state index is 11.2. The second kappa shape index (κ2) is 7.06. The lowest BCUT2D eigenvalue weighted by Gasteiger charge is -1.99. The summed E-state index contributed by atoms with van der Waals surface area (Å²) >= 11 is 0. The second-order valence-corrected chi connectivity index (χ2v) is 3.37. The Hall–Kier alpha value is -2.36. The number of benzene rings is 1. The Labute approximate surface area is 106 Å². The summed E-state index contributed by atoms with van der Waals surface area (Å²) in [4.78, 5) is 22.4. The van der Waals surface area contributed by atoms with Crippen molar-refractivity contribution in [2.45, 2.75) is 0 Å². The summed E-state index contributed by atoms with van der Waals surface area (Å²) in [6, 6.07) is 6.67. The molecule has 0 heterocycles. The number of carbonyl (C=O) groups excluding carboxylic acids is 2. The molecule has 18 heavy (non-hydrogen) atoms. The zero-order valence-corrected chi connectivity index (χ0v) is 10.1. The van der Waals surface area contributed by atoms with Crippen LogP contribution in [0.1, 0.15) is 15.9 Å². The van der Waals surface area contributed by atoms with E-state index >= 15 is 0 Å². The summed E-state index contributed by atoms with van der Waals surface area (Å²) in [5, 5.41) is 0. The Morgan fingerprint density at radius 2 is 1.94 bits per heavy atom. The monoisotopic (exact) mass is 246 g/mol. The van der Waals surface area contributed by atoms with Crippen LogP contribution in [0.15, 0.2) is 43.0 Å². The standard InChI is InChI=1S/C14H14O4/c1-3-10-18-13(15)9-6-11-4-7-12(8-5-11)14(16)17-2/h3-9H,1,10H2,2H3. The molecule has 0 amide bonds. The minimum atomic E-state index is -0.438. The summed E-state index contributed by atoms with van der Waals surface area (Å²) < 4.78 is 9.35. The highest BCUT2D eigenvalue weighted by Crippen LogP contribution is 2.07. The van der Waals surface area contributed by atoms with Crippen LogP contribution in [-0.2, 0) is 14.3 Å². The molecule has 0 N–H and O–H groups in total. The number of hydrogen-bond acceptors (Lipinski definition) is 4. The molecule has 4 heteroatoms. The SMILES string of the molecule is C=CCOC(=O)C=Cc1ccc(C(=O)OC)cc1. The van der Waals surface area contributed by atoms with Crippen LogP contribution in [0.3, 0.4) is 0 Å². The van der Waals surface area contributed by atoms with Crippen molar-refractivity contribution in [1.82, 2.24) is 0 Å². The lowest BCUT2D eigenvalue weighted by molar-refractivity contribution is -0.136. The Morgan fingerprint density at radius 3 is 2.50 bits per heavy atom. The Morgan fingerprint density at radius 1 is 1.28 bits per heavy atom. The number of carbonyl (C=O) groups is 2. The molecule has 0 fully saturated rings. The summed E-state index contributed by atoms with van der Waals surface area (Å²) in [5.74, 6) is -0.831. The molecule has 0 aliphatic carbocycles. The molecule has 1 aromatic rings. The Kier molecular flexibility index (Phi) is 5.38. The summed E-state index contributed by atoms with van der Waals surface area (Å²) in [5.41, 5.74) is 1.25. The van der Waals surface area contributed by atoms with Gasteiger partial charge in [-0.2, -0.15) is 0 Å². The molecular weight excluding hydrogens is 232 g/mol. The normalized spacial score (nSPS) is 10.1. The van der Waals surface area contributed by atoms with Crippen molar-refractivity contribution in [3.05, 3.63) is 54.1 Å². The van der Waals surface area contributed by atoms with E-state index in [1.54, 1.807) is 30.3 Å². The fourth-order valence-corrected chi connectivity index (χ4v) is 1.20. The van der Waals surface area contributed by atoms with E-state index in [1.807, 2.05) is 0 Å². The van der Waals surface area contributed by atoms with Gasteiger partial charge in [0.25, 0.3) is 0 Å². The van der Waals surface area contributed by atoms with Crippen molar-refractivity contribution in [3.63, 3.8) is 0 Å². The first-order valence-corrected chi connectivity index (χ1v) is 5.31. The van der Waals surface area contributed by atoms with Gasteiger partial charge >= 0.3 is 11.9 Å². The third-order valence-corrected chi connectivity index (χ3v) is 2.09. The van der Waals surface area contributed by atoms with E-state index < -0.39 is 11.9 Å². The van der Waals surface area contributed by atoms with Crippen molar-refractivity contribution in [2.24, 2.45) is 0 Å². The van der Waals surface area contributed by atoms with Crippen LogP contribution in [-0.4, -0.2) is 25.7 Å². The maximum atomic E-state index is 11.2. The first-order chi connectivity index (χ1) is 8.67. The molecule has 0 saturated heterocycles. The van der Waals surface area contributed by atoms with Gasteiger partial charge in [-0.3, -0.25) is 0 Å². The van der Waals surface area contributed by atoms with Gasteiger partial charge in [-0.1, -0.05) is 24.8 Å². The highest BCUT2D eigenvalue weighted by Gasteiger charge is 2.03. The predicted molar refractivity (Wildman–Crippen MR) is 68.0 cm³/mol. The van der Waals surface area contributed by atoms with Gasteiger partial charge in [0.1, 0.15) is 6.61 Å². The molecule has 0 aliphatic rings. The van der Waals surface area contributed by atoms with Gasteiger partial charge in [0.2, 0.25) is 0 Å². The molecular formula is C14H14O4. The maximum Gasteiger partial charge on any atom is 0.337 e. The average molecular weight is 246 g/mol. The number of rotatable bonds is 5. The van der Waals surface area contributed by atoms with Crippen LogP contribution in [0.25, 0.3) is 6.08 Å². The molecule has 1 rings (SSSR count). The van der Waals surface area contributed by atoms with Gasteiger partial charge in [-0.25, -0.2) is 9.59 Å². The molecule has 1 aromatic carbocycles. The average Bonchev–Trinajstić information content (AvgIpc) is 2.42. The van der Waals surface area contributed by atoms with Crippen molar-refractivity contribution >= 4 is 18.0 Å². The topological polar surface area (TPSA) is 52.6 Å². The van der Waals surface area contributed by atoms with E-state index in [0.717, 1.165) is 5.56 Å². The van der Waals surface area contributed by atoms with E-state index in [-0.39, 0.29) is 6.61 Å². The largest absolute Gasteiger partial charge is 0.465 e. The number of esters is 2. The fourth-order valence-electron chi connectivity index (χ4n) is 1.20. The first kappa shape index (κ1) is 13.7. The first-order valence-electron chi connectivity index (χ1n) is 5.31. The molecule has 0 atom stereocenters. The lowest BCUT2D eigenvalue weighted by atomic mass is 10.1. The van der Waals surface area contributed by atoms with E-state index in [2.05, 4.69) is 11.3 Å². The summed E-state index contributed by atoms with van der Waals surface area (Å²) in [7, 11) is 1.33. The minimum Gasteiger partial charge on any atom is -0.465 e. The van der Waals surface area contributed by atoms with E-state index in [1.165, 1.54) is 19.3 Å². The predicted octanol–water partition coefficient (Wildman–Crippen LogP) is 2.22. The van der Waals surface area contributed by atoms with Crippen molar-refractivity contribution in [1.29, 1.82) is 0 Å². The molecule has 0 bridgehead atoms. The van der Waals surface area contributed by atoms with Gasteiger partial charge in [0, 0.05) is 6.08 Å². The molecule has 0 spiro atoms. The highest BCUT2D eigenvalue weighted by molar-refractivity contribution is 5.90. The summed E-state index contributed by atoms with van der Waals surface area (Å²) in [6.07, 6.45) is 4.42. The fraction of sp³-hybridized carbons (Fsp3) is 0.143. The zero-order chi connectivity index (χ0) is 13.4. The van der Waals surface area contributed by atoms with Gasteiger partial charge in [0.15, 0.2) is 0 Å². The van der Waals surface area contributed by atoms with E-state index in [4.69, 9.17) is 4.74 Å². The smallest absolute Gasteiger partial charge is 0.337 e. The van der Waals surface area contributed by atoms with Crippen molar-refractivity contribution in [2.75, 3.05) is 13.7 Å². The quantitative estimate of drug-likeness (QED) is 0.454. The van der Waals surface area contributed by atoms with Crippen LogP contribution in [0.5, 0.6) is 0 Å². The minimum absolute atomic E-state index is 0.185. The van der Waals surface area contributed by atoms with Gasteiger partial charge in [0.05, 0.1) is 12.7 Å². The van der Waals surface area contributed by atoms with Crippen molar-refractivity contribution in [3.8, 4) is 0 Å². The Bertz CT molecular complexity index is 457. The molecule has 0 saturated carbocycles. The highest BCUT2D eigenvalue weighted by atomic mass is 16.5. The van der Waals surface area contributed by atoms with Crippen LogP contribution in [0.2, 0.25) is 0 Å². The van der Waals surface area contributed by atoms with Crippen LogP contribution < -0.4 is 0 Å². The number of hydrogen-bond donors (Lipinski definition) is 0. The van der Waals surface area contributed by atoms with Crippen LogP contribution in [0, 0.1) is 0 Å². The third kappa shape index (κ3) is 4.25. The van der Waals surface area contributed by atoms with E-state index in [9.17, 15) is 9.59 Å². The van der Waals surface area contributed by atoms with Gasteiger partial charge in [-0.05, 0) is 23.8 Å². The third-order valence-electron chi connectivity index (χ3n) is 2.09. The molecule has 94 valence electrons. The Balaban J connectivity index is 2.63. The summed E-state index contributed by atoms with van der Waals surface area (Å²) in [6.45, 7) is 3.63. The van der Waals surface area contributed by atoms with Crippen LogP contribution in [0.4, 0.5) is 0 Å². The molecule has 0 aliphatic heterocycles. The van der Waals surface area contributed by atoms with Gasteiger partial charge in [-0.15, -0.1) is 0 Å². The molecule has 0 aromatic heterocycles. The molecule has 0 radical (unpaired) electrons.